The highest BCUT2D eigenvalue weighted by atomic mass is 15.1. The van der Waals surface area contributed by atoms with Gasteiger partial charge in [-0.1, -0.05) is 24.3 Å². The summed E-state index contributed by atoms with van der Waals surface area (Å²) < 4.78 is 0. The molecule has 0 aromatic heterocycles. The quantitative estimate of drug-likeness (QED) is 0.802. The third-order valence-electron chi connectivity index (χ3n) is 3.47. The van der Waals surface area contributed by atoms with E-state index >= 15 is 0 Å². The lowest BCUT2D eigenvalue weighted by molar-refractivity contribution is -0.786. The van der Waals surface area contributed by atoms with Crippen molar-refractivity contribution in [2.24, 2.45) is 0 Å². The molecule has 0 amide bonds. The Labute approximate surface area is 116 Å². The van der Waals surface area contributed by atoms with Crippen LogP contribution < -0.4 is 9.80 Å². The first kappa shape index (κ1) is 13.8. The van der Waals surface area contributed by atoms with Crippen LogP contribution in [0.4, 0.5) is 11.4 Å². The Hall–Kier alpha value is -1.64. The van der Waals surface area contributed by atoms with E-state index < -0.39 is 0 Å². The summed E-state index contributed by atoms with van der Waals surface area (Å²) in [5.74, 6) is 0. The van der Waals surface area contributed by atoms with Gasteiger partial charge in [-0.05, 0) is 41.8 Å². The number of quaternary nitrogens is 2. The van der Waals surface area contributed by atoms with Crippen LogP contribution in [-0.2, 0) is 6.42 Å². The Morgan fingerprint density at radius 3 is 1.16 bits per heavy atom. The molecule has 2 N–H and O–H groups in total. The Balaban J connectivity index is 2.08. The molecule has 0 aliphatic heterocycles. The maximum absolute atomic E-state index is 2.23. The second-order valence-corrected chi connectivity index (χ2v) is 5.57. The SMILES string of the molecule is C[NH+](C)c1ccc(Cc2ccc([NH+](C)C)cc2)cc1. The number of hydrogen-bond acceptors (Lipinski definition) is 0. The molecule has 0 spiro atoms. The molecule has 2 aromatic rings. The fourth-order valence-electron chi connectivity index (χ4n) is 2.15. The first-order valence-electron chi connectivity index (χ1n) is 6.85. The van der Waals surface area contributed by atoms with Crippen LogP contribution in [0.2, 0.25) is 0 Å². The van der Waals surface area contributed by atoms with Gasteiger partial charge in [-0.2, -0.15) is 0 Å². The fraction of sp³-hybridized carbons (Fsp3) is 0.294. The Bertz CT molecular complexity index is 460. The second kappa shape index (κ2) is 6.00. The van der Waals surface area contributed by atoms with E-state index in [-0.39, 0.29) is 0 Å². The number of nitrogens with one attached hydrogen (secondary N) is 2. The molecule has 0 heterocycles. The molecular formula is C17H24N2+2. The molecule has 2 aromatic carbocycles. The van der Waals surface area contributed by atoms with Crippen LogP contribution in [0, 0.1) is 0 Å². The van der Waals surface area contributed by atoms with Crippen molar-refractivity contribution < 1.29 is 9.80 Å². The van der Waals surface area contributed by atoms with Crippen molar-refractivity contribution in [1.82, 2.24) is 0 Å². The lowest BCUT2D eigenvalue weighted by atomic mass is 10.0. The van der Waals surface area contributed by atoms with E-state index in [1.165, 1.54) is 32.3 Å². The van der Waals surface area contributed by atoms with E-state index in [4.69, 9.17) is 0 Å². The molecule has 0 bridgehead atoms. The standard InChI is InChI=1S/C17H22N2/c1-18(2)16-9-5-14(6-10-16)13-15-7-11-17(12-8-15)19(3)4/h5-12H,13H2,1-4H3/p+2. The van der Waals surface area contributed by atoms with Gasteiger partial charge in [0.15, 0.2) is 0 Å². The van der Waals surface area contributed by atoms with E-state index in [1.807, 2.05) is 0 Å². The van der Waals surface area contributed by atoms with Gasteiger partial charge in [0.1, 0.15) is 11.4 Å². The van der Waals surface area contributed by atoms with Crippen LogP contribution in [0.25, 0.3) is 0 Å². The summed E-state index contributed by atoms with van der Waals surface area (Å²) in [4.78, 5) is 2.73. The van der Waals surface area contributed by atoms with Crippen LogP contribution in [-0.4, -0.2) is 28.2 Å². The average molecular weight is 256 g/mol. The van der Waals surface area contributed by atoms with Gasteiger partial charge in [-0.3, -0.25) is 0 Å². The second-order valence-electron chi connectivity index (χ2n) is 5.57. The minimum absolute atomic E-state index is 1.01. The van der Waals surface area contributed by atoms with Gasteiger partial charge in [-0.25, -0.2) is 0 Å². The van der Waals surface area contributed by atoms with Gasteiger partial charge in [0.05, 0.1) is 28.2 Å². The Morgan fingerprint density at radius 2 is 0.895 bits per heavy atom. The molecule has 19 heavy (non-hydrogen) atoms. The lowest BCUT2D eigenvalue weighted by Crippen LogP contribution is -3.00. The lowest BCUT2D eigenvalue weighted by Gasteiger charge is -2.09. The van der Waals surface area contributed by atoms with Crippen LogP contribution in [0.5, 0.6) is 0 Å². The minimum atomic E-state index is 1.01. The van der Waals surface area contributed by atoms with Crippen LogP contribution in [0.15, 0.2) is 48.5 Å². The van der Waals surface area contributed by atoms with Gasteiger partial charge in [0.2, 0.25) is 0 Å². The molecule has 0 radical (unpaired) electrons. The predicted octanol–water partition coefficient (Wildman–Crippen LogP) is 0.829. The van der Waals surface area contributed by atoms with Crippen molar-refractivity contribution in [1.29, 1.82) is 0 Å². The molecule has 0 aliphatic carbocycles. The smallest absolute Gasteiger partial charge is 0.130 e. The van der Waals surface area contributed by atoms with Gasteiger partial charge in [0.25, 0.3) is 0 Å². The molecule has 0 saturated heterocycles. The summed E-state index contributed by atoms with van der Waals surface area (Å²) in [6.07, 6.45) is 1.01. The predicted molar refractivity (Wildman–Crippen MR) is 80.6 cm³/mol. The van der Waals surface area contributed by atoms with Crippen molar-refractivity contribution >= 4 is 11.4 Å². The van der Waals surface area contributed by atoms with E-state index in [0.717, 1.165) is 6.42 Å². The zero-order valence-corrected chi connectivity index (χ0v) is 12.3. The van der Waals surface area contributed by atoms with Gasteiger partial charge >= 0.3 is 0 Å². The largest absolute Gasteiger partial charge is 0.307 e. The third kappa shape index (κ3) is 3.66. The summed E-state index contributed by atoms with van der Waals surface area (Å²) in [6.45, 7) is 0. The highest BCUT2D eigenvalue weighted by Crippen LogP contribution is 2.13. The topological polar surface area (TPSA) is 8.88 Å². The Kier molecular flexibility index (Phi) is 4.35. The molecule has 0 saturated carbocycles. The first-order chi connectivity index (χ1) is 9.06. The van der Waals surface area contributed by atoms with E-state index in [1.54, 1.807) is 0 Å². The van der Waals surface area contributed by atoms with Crippen molar-refractivity contribution in [3.63, 3.8) is 0 Å². The monoisotopic (exact) mass is 256 g/mol. The molecule has 2 rings (SSSR count). The fourth-order valence-corrected chi connectivity index (χ4v) is 2.15. The number of benzene rings is 2. The van der Waals surface area contributed by atoms with Crippen molar-refractivity contribution in [3.05, 3.63) is 59.7 Å². The third-order valence-corrected chi connectivity index (χ3v) is 3.47. The zero-order chi connectivity index (χ0) is 13.8. The highest BCUT2D eigenvalue weighted by Gasteiger charge is 2.03. The zero-order valence-electron chi connectivity index (χ0n) is 12.3. The first-order valence-corrected chi connectivity index (χ1v) is 6.85. The van der Waals surface area contributed by atoms with Gasteiger partial charge < -0.3 is 9.80 Å². The Morgan fingerprint density at radius 1 is 0.579 bits per heavy atom. The van der Waals surface area contributed by atoms with E-state index in [9.17, 15) is 0 Å². The van der Waals surface area contributed by atoms with Gasteiger partial charge in [0, 0.05) is 0 Å². The highest BCUT2D eigenvalue weighted by molar-refractivity contribution is 5.37. The van der Waals surface area contributed by atoms with Crippen molar-refractivity contribution in [2.75, 3.05) is 28.2 Å². The average Bonchev–Trinajstić information content (AvgIpc) is 2.40. The minimum Gasteiger partial charge on any atom is -0.307 e. The molecule has 0 aliphatic rings. The van der Waals surface area contributed by atoms with Crippen LogP contribution >= 0.6 is 0 Å². The van der Waals surface area contributed by atoms with Crippen molar-refractivity contribution in [3.8, 4) is 0 Å². The maximum Gasteiger partial charge on any atom is 0.130 e. The summed E-state index contributed by atoms with van der Waals surface area (Å²) in [6, 6.07) is 17.8. The number of rotatable bonds is 4. The van der Waals surface area contributed by atoms with Gasteiger partial charge in [-0.15, -0.1) is 0 Å². The van der Waals surface area contributed by atoms with Crippen LogP contribution in [0.3, 0.4) is 0 Å². The molecule has 2 nitrogen and oxygen atoms in total. The molecule has 0 fully saturated rings. The summed E-state index contributed by atoms with van der Waals surface area (Å²) in [5, 5.41) is 0. The summed E-state index contributed by atoms with van der Waals surface area (Å²) in [7, 11) is 8.60. The molecular weight excluding hydrogens is 232 g/mol. The van der Waals surface area contributed by atoms with Crippen molar-refractivity contribution in [2.45, 2.75) is 6.42 Å². The van der Waals surface area contributed by atoms with E-state index in [0.29, 0.717) is 0 Å². The van der Waals surface area contributed by atoms with Crippen LogP contribution in [0.1, 0.15) is 11.1 Å². The molecule has 0 unspecified atom stereocenters. The van der Waals surface area contributed by atoms with E-state index in [2.05, 4.69) is 76.7 Å². The maximum atomic E-state index is 2.23. The summed E-state index contributed by atoms with van der Waals surface area (Å²) >= 11 is 0. The number of hydrogen-bond donors (Lipinski definition) is 2. The summed E-state index contributed by atoms with van der Waals surface area (Å²) in [5.41, 5.74) is 5.40. The molecule has 0 atom stereocenters. The molecule has 100 valence electrons. The normalized spacial score (nSPS) is 11.3. The molecule has 2 heteroatoms.